The molecule has 0 bridgehead atoms. The summed E-state index contributed by atoms with van der Waals surface area (Å²) in [4.78, 5) is 6.42. The lowest BCUT2D eigenvalue weighted by Crippen LogP contribution is -2.15. The molecule has 0 spiro atoms. The summed E-state index contributed by atoms with van der Waals surface area (Å²) in [7, 11) is 0. The number of nitrogens with one attached hydrogen (secondary N) is 1. The fourth-order valence-corrected chi connectivity index (χ4v) is 4.17. The van der Waals surface area contributed by atoms with Crippen molar-refractivity contribution in [2.75, 3.05) is 5.75 Å². The maximum absolute atomic E-state index is 4.90. The van der Waals surface area contributed by atoms with Gasteiger partial charge in [-0.05, 0) is 37.9 Å². The molecule has 1 heterocycles. The smallest absolute Gasteiger partial charge is 0.103 e. The van der Waals surface area contributed by atoms with E-state index in [9.17, 15) is 0 Å². The van der Waals surface area contributed by atoms with Gasteiger partial charge in [0.2, 0.25) is 0 Å². The van der Waals surface area contributed by atoms with Crippen LogP contribution in [0.2, 0.25) is 0 Å². The molecule has 2 aliphatic carbocycles. The van der Waals surface area contributed by atoms with Crippen molar-refractivity contribution in [2.45, 2.75) is 63.3 Å². The summed E-state index contributed by atoms with van der Waals surface area (Å²) in [5, 5.41) is 4.99. The second-order valence-electron chi connectivity index (χ2n) is 5.40. The fourth-order valence-electron chi connectivity index (χ4n) is 2.11. The maximum Gasteiger partial charge on any atom is 0.103 e. The van der Waals surface area contributed by atoms with Crippen molar-refractivity contribution in [1.29, 1.82) is 0 Å². The van der Waals surface area contributed by atoms with Gasteiger partial charge in [-0.2, -0.15) is 11.8 Å². The summed E-state index contributed by atoms with van der Waals surface area (Å²) in [5.74, 6) is 3.16. The van der Waals surface area contributed by atoms with Crippen molar-refractivity contribution in [3.8, 4) is 0 Å². The number of aromatic nitrogens is 1. The largest absolute Gasteiger partial charge is 0.309 e. The average molecular weight is 282 g/mol. The molecular weight excluding hydrogens is 260 g/mol. The molecule has 1 aromatic heterocycles. The van der Waals surface area contributed by atoms with E-state index in [-0.39, 0.29) is 0 Å². The van der Waals surface area contributed by atoms with Crippen LogP contribution in [0.1, 0.15) is 60.5 Å². The highest BCUT2D eigenvalue weighted by Gasteiger charge is 2.30. The first-order valence-electron chi connectivity index (χ1n) is 7.16. The molecule has 18 heavy (non-hydrogen) atoms. The normalized spacial score (nSPS) is 19.4. The second kappa shape index (κ2) is 5.93. The van der Waals surface area contributed by atoms with Gasteiger partial charge in [0.15, 0.2) is 0 Å². The van der Waals surface area contributed by atoms with E-state index >= 15 is 0 Å². The predicted molar refractivity (Wildman–Crippen MR) is 80.4 cm³/mol. The van der Waals surface area contributed by atoms with E-state index in [1.807, 2.05) is 23.1 Å². The SMILES string of the molecule is CCCSCc1nc(C2CC2)c(CNC2CC2)s1. The Balaban J connectivity index is 1.61. The number of hydrogen-bond donors (Lipinski definition) is 1. The van der Waals surface area contributed by atoms with Crippen molar-refractivity contribution in [1.82, 2.24) is 10.3 Å². The topological polar surface area (TPSA) is 24.9 Å². The van der Waals surface area contributed by atoms with Gasteiger partial charge in [-0.25, -0.2) is 4.98 Å². The monoisotopic (exact) mass is 282 g/mol. The molecule has 0 saturated heterocycles. The van der Waals surface area contributed by atoms with E-state index in [2.05, 4.69) is 12.2 Å². The number of thiazole rings is 1. The van der Waals surface area contributed by atoms with Gasteiger partial charge < -0.3 is 5.32 Å². The first-order chi connectivity index (χ1) is 8.86. The Morgan fingerprint density at radius 2 is 2.17 bits per heavy atom. The van der Waals surface area contributed by atoms with E-state index in [1.165, 1.54) is 53.4 Å². The third kappa shape index (κ3) is 3.49. The lowest BCUT2D eigenvalue weighted by atomic mass is 10.2. The van der Waals surface area contributed by atoms with Gasteiger partial charge in [0.1, 0.15) is 5.01 Å². The Morgan fingerprint density at radius 3 is 2.83 bits per heavy atom. The molecule has 2 nitrogen and oxygen atoms in total. The zero-order valence-corrected chi connectivity index (χ0v) is 12.7. The summed E-state index contributed by atoms with van der Waals surface area (Å²) >= 11 is 3.98. The van der Waals surface area contributed by atoms with Crippen LogP contribution in [0.4, 0.5) is 0 Å². The van der Waals surface area contributed by atoms with Gasteiger partial charge in [-0.1, -0.05) is 6.92 Å². The maximum atomic E-state index is 4.90. The lowest BCUT2D eigenvalue weighted by Gasteiger charge is -2.01. The average Bonchev–Trinajstić information content (AvgIpc) is 3.27. The number of thioether (sulfide) groups is 1. The minimum Gasteiger partial charge on any atom is -0.309 e. The second-order valence-corrected chi connectivity index (χ2v) is 7.67. The standard InChI is InChI=1S/C14H22N2S2/c1-2-7-17-9-13-16-14(10-3-4-10)12(18-13)8-15-11-5-6-11/h10-11,15H,2-9H2,1H3. The molecular formula is C14H22N2S2. The predicted octanol–water partition coefficient (Wildman–Crippen LogP) is 3.92. The third-order valence-electron chi connectivity index (χ3n) is 3.44. The molecule has 0 aliphatic heterocycles. The van der Waals surface area contributed by atoms with Crippen LogP contribution in [-0.2, 0) is 12.3 Å². The van der Waals surface area contributed by atoms with Crippen molar-refractivity contribution in [3.63, 3.8) is 0 Å². The van der Waals surface area contributed by atoms with Gasteiger partial charge in [-0.3, -0.25) is 0 Å². The Hall–Kier alpha value is -0.0600. The molecule has 1 N–H and O–H groups in total. The van der Waals surface area contributed by atoms with Crippen molar-refractivity contribution < 1.29 is 0 Å². The first kappa shape index (κ1) is 12.9. The summed E-state index contributed by atoms with van der Waals surface area (Å²) in [5.41, 5.74) is 1.43. The van der Waals surface area contributed by atoms with Crippen LogP contribution < -0.4 is 5.32 Å². The van der Waals surface area contributed by atoms with Gasteiger partial charge in [0, 0.05) is 29.1 Å². The first-order valence-corrected chi connectivity index (χ1v) is 9.13. The molecule has 0 amide bonds. The van der Waals surface area contributed by atoms with Crippen LogP contribution in [0.3, 0.4) is 0 Å². The molecule has 0 aromatic carbocycles. The fraction of sp³-hybridized carbons (Fsp3) is 0.786. The highest BCUT2D eigenvalue weighted by atomic mass is 32.2. The van der Waals surface area contributed by atoms with Gasteiger partial charge in [-0.15, -0.1) is 11.3 Å². The minimum absolute atomic E-state index is 0.794. The van der Waals surface area contributed by atoms with Crippen LogP contribution >= 0.6 is 23.1 Å². The van der Waals surface area contributed by atoms with E-state index in [4.69, 9.17) is 4.98 Å². The van der Waals surface area contributed by atoms with Crippen LogP contribution in [0.15, 0.2) is 0 Å². The zero-order chi connectivity index (χ0) is 12.4. The third-order valence-corrected chi connectivity index (χ3v) is 5.87. The quantitative estimate of drug-likeness (QED) is 0.732. The minimum atomic E-state index is 0.794. The van der Waals surface area contributed by atoms with E-state index in [1.54, 1.807) is 0 Å². The Bertz CT molecular complexity index is 394. The van der Waals surface area contributed by atoms with E-state index < -0.39 is 0 Å². The van der Waals surface area contributed by atoms with Crippen LogP contribution in [0.5, 0.6) is 0 Å². The van der Waals surface area contributed by atoms with Crippen LogP contribution in [-0.4, -0.2) is 16.8 Å². The number of rotatable bonds is 8. The molecule has 4 heteroatoms. The van der Waals surface area contributed by atoms with Crippen molar-refractivity contribution in [2.24, 2.45) is 0 Å². The molecule has 0 radical (unpaired) electrons. The van der Waals surface area contributed by atoms with E-state index in [0.29, 0.717) is 0 Å². The Kier molecular flexibility index (Phi) is 4.27. The highest BCUT2D eigenvalue weighted by molar-refractivity contribution is 7.98. The highest BCUT2D eigenvalue weighted by Crippen LogP contribution is 2.43. The van der Waals surface area contributed by atoms with E-state index in [0.717, 1.165) is 24.3 Å². The molecule has 2 saturated carbocycles. The number of nitrogens with zero attached hydrogens (tertiary/aromatic N) is 1. The van der Waals surface area contributed by atoms with Gasteiger partial charge in [0.05, 0.1) is 5.69 Å². The number of hydrogen-bond acceptors (Lipinski definition) is 4. The van der Waals surface area contributed by atoms with Crippen molar-refractivity contribution >= 4 is 23.1 Å². The Morgan fingerprint density at radius 1 is 1.33 bits per heavy atom. The molecule has 2 aliphatic rings. The van der Waals surface area contributed by atoms with Crippen LogP contribution in [0, 0.1) is 0 Å². The molecule has 0 atom stereocenters. The molecule has 2 fully saturated rings. The summed E-state index contributed by atoms with van der Waals surface area (Å²) in [6.45, 7) is 3.31. The summed E-state index contributed by atoms with van der Waals surface area (Å²) in [6.07, 6.45) is 6.73. The van der Waals surface area contributed by atoms with Crippen LogP contribution in [0.25, 0.3) is 0 Å². The Labute approximate surface area is 118 Å². The molecule has 0 unspecified atom stereocenters. The van der Waals surface area contributed by atoms with Crippen molar-refractivity contribution in [3.05, 3.63) is 15.6 Å². The summed E-state index contributed by atoms with van der Waals surface area (Å²) < 4.78 is 0. The summed E-state index contributed by atoms with van der Waals surface area (Å²) in [6, 6.07) is 0.803. The molecule has 100 valence electrons. The lowest BCUT2D eigenvalue weighted by molar-refractivity contribution is 0.688. The van der Waals surface area contributed by atoms with Gasteiger partial charge in [0.25, 0.3) is 0 Å². The zero-order valence-electron chi connectivity index (χ0n) is 11.1. The molecule has 3 rings (SSSR count). The molecule has 1 aromatic rings. The van der Waals surface area contributed by atoms with Gasteiger partial charge >= 0.3 is 0 Å².